The molecule has 162 valence electrons. The summed E-state index contributed by atoms with van der Waals surface area (Å²) in [6, 6.07) is 14.1. The van der Waals surface area contributed by atoms with Crippen molar-refractivity contribution in [2.45, 2.75) is 6.92 Å². The first-order chi connectivity index (χ1) is 15.0. The summed E-state index contributed by atoms with van der Waals surface area (Å²) in [7, 11) is 0. The summed E-state index contributed by atoms with van der Waals surface area (Å²) < 4.78 is 11.7. The lowest BCUT2D eigenvalue weighted by atomic mass is 10.2. The van der Waals surface area contributed by atoms with Crippen LogP contribution in [0.2, 0.25) is 5.02 Å². The van der Waals surface area contributed by atoms with Crippen molar-refractivity contribution in [2.24, 2.45) is 0 Å². The van der Waals surface area contributed by atoms with Crippen molar-refractivity contribution >= 4 is 62.2 Å². The van der Waals surface area contributed by atoms with Gasteiger partial charge in [-0.3, -0.25) is 25.8 Å². The summed E-state index contributed by atoms with van der Waals surface area (Å²) in [5.41, 5.74) is 5.33. The highest BCUT2D eigenvalue weighted by molar-refractivity contribution is 7.80. The van der Waals surface area contributed by atoms with Crippen LogP contribution in [0.4, 0.5) is 0 Å². The number of nitrogens with one attached hydrogen (secondary N) is 3. The van der Waals surface area contributed by atoms with Crippen LogP contribution in [0.15, 0.2) is 48.5 Å². The number of hydrogen-bond acceptors (Lipinski definition) is 6. The third-order valence-electron chi connectivity index (χ3n) is 4.05. The molecule has 0 atom stereocenters. The molecule has 0 bridgehead atoms. The van der Waals surface area contributed by atoms with Gasteiger partial charge in [-0.2, -0.15) is 0 Å². The molecule has 3 rings (SSSR count). The number of carbonyl (C=O) groups excluding carboxylic acids is 2. The Morgan fingerprint density at radius 2 is 1.87 bits per heavy atom. The Morgan fingerprint density at radius 1 is 1.06 bits per heavy atom. The van der Waals surface area contributed by atoms with Gasteiger partial charge < -0.3 is 9.47 Å². The largest absolute Gasteiger partial charge is 0.491 e. The molecule has 0 unspecified atom stereocenters. The van der Waals surface area contributed by atoms with Gasteiger partial charge in [-0.05, 0) is 43.4 Å². The zero-order valence-electron chi connectivity index (χ0n) is 16.6. The Morgan fingerprint density at radius 3 is 2.65 bits per heavy atom. The molecule has 3 aromatic rings. The van der Waals surface area contributed by atoms with Crippen LogP contribution in [0.3, 0.4) is 0 Å². The lowest BCUT2D eigenvalue weighted by molar-refractivity contribution is 0.0937. The third-order valence-corrected chi connectivity index (χ3v) is 5.93. The second kappa shape index (κ2) is 11.1. The van der Waals surface area contributed by atoms with E-state index in [2.05, 4.69) is 16.2 Å². The predicted molar refractivity (Wildman–Crippen MR) is 126 cm³/mol. The van der Waals surface area contributed by atoms with Gasteiger partial charge in [0.2, 0.25) is 0 Å². The molecule has 0 saturated carbocycles. The monoisotopic (exact) mass is 477 g/mol. The van der Waals surface area contributed by atoms with Crippen LogP contribution in [-0.2, 0) is 4.74 Å². The minimum Gasteiger partial charge on any atom is -0.491 e. The number of thiophene rings is 1. The fourth-order valence-corrected chi connectivity index (χ4v) is 4.18. The topological polar surface area (TPSA) is 88.7 Å². The highest BCUT2D eigenvalue weighted by atomic mass is 35.5. The Labute approximate surface area is 193 Å². The summed E-state index contributed by atoms with van der Waals surface area (Å²) in [6.45, 7) is 3.36. The molecule has 31 heavy (non-hydrogen) atoms. The molecular weight excluding hydrogens is 458 g/mol. The van der Waals surface area contributed by atoms with Gasteiger partial charge in [-0.15, -0.1) is 11.3 Å². The predicted octanol–water partition coefficient (Wildman–Crippen LogP) is 3.92. The van der Waals surface area contributed by atoms with Crippen molar-refractivity contribution in [1.82, 2.24) is 16.2 Å². The zero-order chi connectivity index (χ0) is 22.2. The lowest BCUT2D eigenvalue weighted by Gasteiger charge is -2.11. The van der Waals surface area contributed by atoms with Crippen molar-refractivity contribution in [3.8, 4) is 5.75 Å². The Balaban J connectivity index is 1.52. The summed E-state index contributed by atoms with van der Waals surface area (Å²) in [5, 5.41) is 3.62. The van der Waals surface area contributed by atoms with Gasteiger partial charge in [0.1, 0.15) is 17.2 Å². The molecule has 2 amide bonds. The number of halogens is 1. The minimum absolute atomic E-state index is 0.0572. The van der Waals surface area contributed by atoms with E-state index in [1.165, 1.54) is 11.3 Å². The van der Waals surface area contributed by atoms with Gasteiger partial charge in [0.15, 0.2) is 5.11 Å². The molecule has 0 saturated heterocycles. The number of ether oxygens (including phenoxy) is 2. The molecule has 1 heterocycles. The quantitative estimate of drug-likeness (QED) is 0.271. The van der Waals surface area contributed by atoms with Crippen LogP contribution >= 0.6 is 35.2 Å². The van der Waals surface area contributed by atoms with E-state index in [0.29, 0.717) is 41.0 Å². The molecule has 0 aliphatic carbocycles. The van der Waals surface area contributed by atoms with E-state index in [1.54, 1.807) is 24.3 Å². The number of hydrazine groups is 1. The number of fused-ring (bicyclic) bond motifs is 1. The highest BCUT2D eigenvalue weighted by Gasteiger charge is 2.17. The van der Waals surface area contributed by atoms with Crippen LogP contribution in [0.1, 0.15) is 27.0 Å². The Kier molecular flexibility index (Phi) is 8.19. The van der Waals surface area contributed by atoms with E-state index < -0.39 is 11.8 Å². The van der Waals surface area contributed by atoms with E-state index in [1.807, 2.05) is 31.2 Å². The van der Waals surface area contributed by atoms with Crippen molar-refractivity contribution in [3.63, 3.8) is 0 Å². The SMILES string of the molecule is CCOCCOc1cccc(C(=O)NC(=S)NNC(=O)c2sc3ccccc3c2Cl)c1. The summed E-state index contributed by atoms with van der Waals surface area (Å²) in [4.78, 5) is 25.2. The number of thiocarbonyl (C=S) groups is 1. The summed E-state index contributed by atoms with van der Waals surface area (Å²) >= 11 is 12.7. The van der Waals surface area contributed by atoms with Gasteiger partial charge >= 0.3 is 0 Å². The van der Waals surface area contributed by atoms with Crippen molar-refractivity contribution in [2.75, 3.05) is 19.8 Å². The van der Waals surface area contributed by atoms with Crippen LogP contribution in [0.25, 0.3) is 10.1 Å². The van der Waals surface area contributed by atoms with Gasteiger partial charge in [-0.1, -0.05) is 35.9 Å². The first-order valence-electron chi connectivity index (χ1n) is 9.39. The summed E-state index contributed by atoms with van der Waals surface area (Å²) in [6.07, 6.45) is 0. The van der Waals surface area contributed by atoms with E-state index in [0.717, 1.165) is 10.1 Å². The molecule has 10 heteroatoms. The average molecular weight is 478 g/mol. The van der Waals surface area contributed by atoms with Crippen LogP contribution < -0.4 is 20.9 Å². The maximum Gasteiger partial charge on any atom is 0.281 e. The second-order valence-electron chi connectivity index (χ2n) is 6.18. The zero-order valence-corrected chi connectivity index (χ0v) is 19.0. The molecule has 0 aliphatic heterocycles. The fraction of sp³-hybridized carbons (Fsp3) is 0.190. The van der Waals surface area contributed by atoms with E-state index >= 15 is 0 Å². The Hall–Kier alpha value is -2.72. The minimum atomic E-state index is -0.451. The first-order valence-corrected chi connectivity index (χ1v) is 11.0. The van der Waals surface area contributed by atoms with Gasteiger partial charge in [0.25, 0.3) is 11.8 Å². The van der Waals surface area contributed by atoms with Crippen LogP contribution in [0.5, 0.6) is 5.75 Å². The molecule has 1 aromatic heterocycles. The number of rotatable bonds is 7. The number of carbonyl (C=O) groups is 2. The molecule has 0 spiro atoms. The normalized spacial score (nSPS) is 10.5. The number of benzene rings is 2. The third kappa shape index (κ3) is 6.14. The highest BCUT2D eigenvalue weighted by Crippen LogP contribution is 2.34. The smallest absolute Gasteiger partial charge is 0.281 e. The molecule has 7 nitrogen and oxygen atoms in total. The van der Waals surface area contributed by atoms with Gasteiger partial charge in [-0.25, -0.2) is 0 Å². The molecule has 2 aromatic carbocycles. The van der Waals surface area contributed by atoms with Crippen molar-refractivity contribution < 1.29 is 19.1 Å². The van der Waals surface area contributed by atoms with Gasteiger partial charge in [0, 0.05) is 22.3 Å². The van der Waals surface area contributed by atoms with E-state index in [4.69, 9.17) is 33.3 Å². The van der Waals surface area contributed by atoms with Crippen LogP contribution in [-0.4, -0.2) is 36.7 Å². The maximum absolute atomic E-state index is 12.4. The van der Waals surface area contributed by atoms with Crippen molar-refractivity contribution in [1.29, 1.82) is 0 Å². The molecular formula is C21H20ClN3O4S2. The molecule has 0 fully saturated rings. The van der Waals surface area contributed by atoms with E-state index in [9.17, 15) is 9.59 Å². The lowest BCUT2D eigenvalue weighted by Crippen LogP contribution is -2.48. The maximum atomic E-state index is 12.4. The van der Waals surface area contributed by atoms with Crippen LogP contribution in [0, 0.1) is 0 Å². The Bertz CT molecular complexity index is 1100. The molecule has 0 radical (unpaired) electrons. The van der Waals surface area contributed by atoms with E-state index in [-0.39, 0.29) is 5.11 Å². The van der Waals surface area contributed by atoms with Crippen molar-refractivity contribution in [3.05, 3.63) is 64.0 Å². The number of hydrogen-bond donors (Lipinski definition) is 3. The van der Waals surface area contributed by atoms with Gasteiger partial charge in [0.05, 0.1) is 11.6 Å². The second-order valence-corrected chi connectivity index (χ2v) is 8.02. The first kappa shape index (κ1) is 23.0. The fourth-order valence-electron chi connectivity index (χ4n) is 2.63. The number of amides is 2. The molecule has 3 N–H and O–H groups in total. The standard InChI is InChI=1S/C21H20ClN3O4S2/c1-2-28-10-11-29-14-7-5-6-13(12-14)19(26)23-21(30)25-24-20(27)18-17(22)15-8-3-4-9-16(15)31-18/h3-9,12H,2,10-11H2,1H3,(H,24,27)(H2,23,25,26,30). The average Bonchev–Trinajstić information content (AvgIpc) is 3.12. The molecule has 0 aliphatic rings. The summed E-state index contributed by atoms with van der Waals surface area (Å²) in [5.74, 6) is -0.353.